The van der Waals surface area contributed by atoms with Crippen molar-refractivity contribution in [3.05, 3.63) is 34.4 Å². The van der Waals surface area contributed by atoms with Gasteiger partial charge in [-0.05, 0) is 6.07 Å². The van der Waals surface area contributed by atoms with Gasteiger partial charge in [0.2, 0.25) is 10.0 Å². The SMILES string of the molecule is NS(=O)(=O)c1ccccc1[N+](=O)[O-].[NaH]. The molecule has 0 spiro atoms. The molecule has 1 rings (SSSR count). The van der Waals surface area contributed by atoms with E-state index in [-0.39, 0.29) is 29.6 Å². The molecule has 0 aromatic heterocycles. The zero-order valence-electron chi connectivity index (χ0n) is 6.38. The van der Waals surface area contributed by atoms with Gasteiger partial charge >= 0.3 is 29.6 Å². The fourth-order valence-corrected chi connectivity index (χ4v) is 1.55. The zero-order chi connectivity index (χ0) is 10.1. The van der Waals surface area contributed by atoms with Gasteiger partial charge in [-0.15, -0.1) is 0 Å². The van der Waals surface area contributed by atoms with Crippen LogP contribution in [0.2, 0.25) is 0 Å². The molecule has 0 radical (unpaired) electrons. The van der Waals surface area contributed by atoms with Crippen LogP contribution in [-0.4, -0.2) is 42.9 Å². The van der Waals surface area contributed by atoms with Crippen LogP contribution in [0.15, 0.2) is 29.2 Å². The van der Waals surface area contributed by atoms with E-state index in [1.54, 1.807) is 0 Å². The molecule has 0 amide bonds. The Morgan fingerprint density at radius 3 is 2.14 bits per heavy atom. The number of primary sulfonamides is 1. The molecule has 0 fully saturated rings. The normalized spacial score (nSPS) is 10.4. The maximum absolute atomic E-state index is 10.8. The Morgan fingerprint density at radius 2 is 1.79 bits per heavy atom. The van der Waals surface area contributed by atoms with Crippen LogP contribution in [0.1, 0.15) is 0 Å². The van der Waals surface area contributed by atoms with Gasteiger partial charge in [0.1, 0.15) is 0 Å². The van der Waals surface area contributed by atoms with Gasteiger partial charge in [0.15, 0.2) is 4.90 Å². The standard InChI is InChI=1S/C6H6N2O4S.Na.H/c7-13(11,12)6-4-2-1-3-5(6)8(9)10;;/h1-4H,(H2,7,11,12);;. The summed E-state index contributed by atoms with van der Waals surface area (Å²) in [6.45, 7) is 0. The molecule has 0 unspecified atom stereocenters. The van der Waals surface area contributed by atoms with Gasteiger partial charge in [0.25, 0.3) is 5.69 Å². The molecular formula is C6H7N2NaO4S. The molecule has 0 heterocycles. The molecule has 72 valence electrons. The fraction of sp³-hybridized carbons (Fsp3) is 0. The van der Waals surface area contributed by atoms with Crippen molar-refractivity contribution in [2.24, 2.45) is 5.14 Å². The average molecular weight is 226 g/mol. The van der Waals surface area contributed by atoms with Crippen LogP contribution in [0, 0.1) is 10.1 Å². The molecule has 8 heteroatoms. The number of nitro groups is 1. The van der Waals surface area contributed by atoms with Crippen LogP contribution < -0.4 is 5.14 Å². The molecule has 0 aliphatic rings. The third-order valence-electron chi connectivity index (χ3n) is 1.37. The van der Waals surface area contributed by atoms with Crippen LogP contribution >= 0.6 is 0 Å². The van der Waals surface area contributed by atoms with Crippen molar-refractivity contribution in [1.82, 2.24) is 0 Å². The Balaban J connectivity index is 0.00000169. The molecule has 0 saturated heterocycles. The predicted molar refractivity (Wildman–Crippen MR) is 51.6 cm³/mol. The zero-order valence-corrected chi connectivity index (χ0v) is 7.19. The Bertz CT molecular complexity index is 445. The Morgan fingerprint density at radius 1 is 1.29 bits per heavy atom. The minimum absolute atomic E-state index is 0. The summed E-state index contributed by atoms with van der Waals surface area (Å²) in [5.74, 6) is 0. The van der Waals surface area contributed by atoms with E-state index < -0.39 is 25.5 Å². The Kier molecular flexibility index (Phi) is 4.69. The van der Waals surface area contributed by atoms with Crippen molar-refractivity contribution in [2.45, 2.75) is 4.90 Å². The number of para-hydroxylation sites is 1. The van der Waals surface area contributed by atoms with E-state index in [4.69, 9.17) is 5.14 Å². The molecular weight excluding hydrogens is 219 g/mol. The number of nitrogens with zero attached hydrogens (tertiary/aromatic N) is 1. The van der Waals surface area contributed by atoms with Gasteiger partial charge in [-0.1, -0.05) is 12.1 Å². The third-order valence-corrected chi connectivity index (χ3v) is 2.33. The summed E-state index contributed by atoms with van der Waals surface area (Å²) in [5.41, 5.74) is -0.509. The molecule has 0 aliphatic heterocycles. The molecule has 1 aromatic carbocycles. The first-order valence-corrected chi connectivity index (χ1v) is 4.74. The Labute approximate surface area is 103 Å². The summed E-state index contributed by atoms with van der Waals surface area (Å²) in [7, 11) is -4.02. The summed E-state index contributed by atoms with van der Waals surface area (Å²) >= 11 is 0. The van der Waals surface area contributed by atoms with E-state index in [1.807, 2.05) is 0 Å². The van der Waals surface area contributed by atoms with E-state index in [1.165, 1.54) is 12.1 Å². The van der Waals surface area contributed by atoms with Crippen molar-refractivity contribution in [3.8, 4) is 0 Å². The van der Waals surface area contributed by atoms with Crippen molar-refractivity contribution >= 4 is 45.3 Å². The second-order valence-corrected chi connectivity index (χ2v) is 3.80. The van der Waals surface area contributed by atoms with E-state index in [9.17, 15) is 18.5 Å². The van der Waals surface area contributed by atoms with Crippen molar-refractivity contribution in [2.75, 3.05) is 0 Å². The quantitative estimate of drug-likeness (QED) is 0.420. The number of sulfonamides is 1. The van der Waals surface area contributed by atoms with Crippen molar-refractivity contribution in [1.29, 1.82) is 0 Å². The molecule has 14 heavy (non-hydrogen) atoms. The van der Waals surface area contributed by atoms with Gasteiger partial charge in [-0.3, -0.25) is 10.1 Å². The fourth-order valence-electron chi connectivity index (χ4n) is 0.849. The summed E-state index contributed by atoms with van der Waals surface area (Å²) in [5, 5.41) is 15.1. The number of benzene rings is 1. The van der Waals surface area contributed by atoms with E-state index in [0.717, 1.165) is 12.1 Å². The van der Waals surface area contributed by atoms with Crippen molar-refractivity contribution < 1.29 is 13.3 Å². The first kappa shape index (κ1) is 13.5. The van der Waals surface area contributed by atoms with Crippen LogP contribution in [0.25, 0.3) is 0 Å². The topological polar surface area (TPSA) is 103 Å². The first-order chi connectivity index (χ1) is 5.93. The van der Waals surface area contributed by atoms with Gasteiger partial charge in [-0.25, -0.2) is 13.6 Å². The predicted octanol–water partition coefficient (Wildman–Crippen LogP) is -0.406. The molecule has 0 aliphatic carbocycles. The molecule has 1 aromatic rings. The maximum atomic E-state index is 10.8. The summed E-state index contributed by atoms with van der Waals surface area (Å²) in [6.07, 6.45) is 0. The van der Waals surface area contributed by atoms with Crippen LogP contribution in [-0.2, 0) is 10.0 Å². The number of hydrogen-bond acceptors (Lipinski definition) is 4. The van der Waals surface area contributed by atoms with Gasteiger partial charge in [-0.2, -0.15) is 0 Å². The van der Waals surface area contributed by atoms with E-state index in [0.29, 0.717) is 0 Å². The number of nitrogens with two attached hydrogens (primary N) is 1. The molecule has 0 atom stereocenters. The van der Waals surface area contributed by atoms with E-state index >= 15 is 0 Å². The third kappa shape index (κ3) is 3.03. The second kappa shape index (κ2) is 4.85. The number of nitro benzene ring substituents is 1. The Hall–Kier alpha value is -0.470. The summed E-state index contributed by atoms with van der Waals surface area (Å²) in [6, 6.07) is 4.91. The van der Waals surface area contributed by atoms with Crippen LogP contribution in [0.4, 0.5) is 5.69 Å². The van der Waals surface area contributed by atoms with Crippen molar-refractivity contribution in [3.63, 3.8) is 0 Å². The van der Waals surface area contributed by atoms with Crippen LogP contribution in [0.5, 0.6) is 0 Å². The molecule has 0 bridgehead atoms. The molecule has 2 N–H and O–H groups in total. The second-order valence-electron chi connectivity index (χ2n) is 2.27. The van der Waals surface area contributed by atoms with Crippen LogP contribution in [0.3, 0.4) is 0 Å². The van der Waals surface area contributed by atoms with Gasteiger partial charge in [0.05, 0.1) is 4.92 Å². The number of hydrogen-bond donors (Lipinski definition) is 1. The minimum atomic E-state index is -4.02. The van der Waals surface area contributed by atoms with Gasteiger partial charge in [0, 0.05) is 6.07 Å². The monoisotopic (exact) mass is 226 g/mol. The first-order valence-electron chi connectivity index (χ1n) is 3.19. The van der Waals surface area contributed by atoms with E-state index in [2.05, 4.69) is 0 Å². The number of rotatable bonds is 2. The molecule has 0 saturated carbocycles. The molecule has 6 nitrogen and oxygen atoms in total. The van der Waals surface area contributed by atoms with Gasteiger partial charge < -0.3 is 0 Å². The summed E-state index contributed by atoms with van der Waals surface area (Å²) < 4.78 is 21.7. The average Bonchev–Trinajstić information content (AvgIpc) is 2.03. The summed E-state index contributed by atoms with van der Waals surface area (Å²) in [4.78, 5) is 9.09.